The molecule has 3 aliphatic rings. The van der Waals surface area contributed by atoms with Crippen LogP contribution in [0.2, 0.25) is 0 Å². The van der Waals surface area contributed by atoms with Crippen molar-refractivity contribution in [2.75, 3.05) is 13.1 Å². The Bertz CT molecular complexity index is 733. The summed E-state index contributed by atoms with van der Waals surface area (Å²) in [5.74, 6) is 0.689. The molecule has 5 nitrogen and oxygen atoms in total. The summed E-state index contributed by atoms with van der Waals surface area (Å²) >= 11 is -1.16. The molecule has 27 heavy (non-hydrogen) atoms. The van der Waals surface area contributed by atoms with Crippen molar-refractivity contribution in [1.29, 1.82) is 0 Å². The van der Waals surface area contributed by atoms with Gasteiger partial charge in [-0.3, -0.25) is 0 Å². The lowest BCUT2D eigenvalue weighted by Crippen LogP contribution is -2.50. The first-order chi connectivity index (χ1) is 12.7. The maximum Gasteiger partial charge on any atom is 0.407 e. The van der Waals surface area contributed by atoms with Gasteiger partial charge in [-0.1, -0.05) is 18.2 Å². The first-order valence-electron chi connectivity index (χ1n) is 9.98. The number of carbonyl (C=O) groups is 1. The van der Waals surface area contributed by atoms with E-state index in [1.54, 1.807) is 0 Å². The van der Waals surface area contributed by atoms with Crippen molar-refractivity contribution in [2.24, 2.45) is 5.41 Å². The largest absolute Gasteiger partial charge is 0.598 e. The number of fused-ring (bicyclic) bond motifs is 1. The molecule has 2 aliphatic carbocycles. The molecule has 1 saturated heterocycles. The van der Waals surface area contributed by atoms with Crippen LogP contribution < -0.4 is 4.72 Å². The molecule has 2 N–H and O–H groups in total. The van der Waals surface area contributed by atoms with Crippen LogP contribution in [0.1, 0.15) is 75.1 Å². The maximum atomic E-state index is 13.0. The molecule has 1 aromatic carbocycles. The van der Waals surface area contributed by atoms with E-state index in [2.05, 4.69) is 22.9 Å². The van der Waals surface area contributed by atoms with Gasteiger partial charge in [0, 0.05) is 29.9 Å². The van der Waals surface area contributed by atoms with Crippen molar-refractivity contribution in [3.8, 4) is 0 Å². The fraction of sp³-hybridized carbons (Fsp3) is 0.667. The summed E-state index contributed by atoms with van der Waals surface area (Å²) in [4.78, 5) is 12.9. The Balaban J connectivity index is 1.65. The van der Waals surface area contributed by atoms with Crippen LogP contribution in [0.3, 0.4) is 0 Å². The summed E-state index contributed by atoms with van der Waals surface area (Å²) in [6.07, 6.45) is 4.27. The predicted molar refractivity (Wildman–Crippen MR) is 107 cm³/mol. The second-order valence-electron chi connectivity index (χ2n) is 9.47. The van der Waals surface area contributed by atoms with Gasteiger partial charge in [0.2, 0.25) is 0 Å². The van der Waals surface area contributed by atoms with Gasteiger partial charge < -0.3 is 14.6 Å². The van der Waals surface area contributed by atoms with Crippen molar-refractivity contribution in [3.05, 3.63) is 34.9 Å². The fourth-order valence-electron chi connectivity index (χ4n) is 4.61. The molecule has 2 fully saturated rings. The first-order valence-corrected chi connectivity index (χ1v) is 11.1. The predicted octanol–water partition coefficient (Wildman–Crippen LogP) is 3.97. The minimum Gasteiger partial charge on any atom is -0.598 e. The molecular formula is C21H30N2O3S. The van der Waals surface area contributed by atoms with E-state index in [1.165, 1.54) is 34.4 Å². The lowest BCUT2D eigenvalue weighted by Gasteiger charge is -2.43. The third-order valence-electron chi connectivity index (χ3n) is 6.50. The Labute approximate surface area is 164 Å². The number of benzene rings is 1. The molecular weight excluding hydrogens is 360 g/mol. The molecule has 1 heterocycles. The summed E-state index contributed by atoms with van der Waals surface area (Å²) < 4.78 is 16.1. The monoisotopic (exact) mass is 390 g/mol. The van der Waals surface area contributed by atoms with Gasteiger partial charge in [0.05, 0.1) is 6.04 Å². The normalized spacial score (nSPS) is 25.5. The zero-order valence-corrected chi connectivity index (χ0v) is 17.3. The highest BCUT2D eigenvalue weighted by molar-refractivity contribution is 7.90. The third-order valence-corrected chi connectivity index (χ3v) is 8.06. The van der Waals surface area contributed by atoms with Crippen LogP contribution in [-0.2, 0) is 17.8 Å². The summed E-state index contributed by atoms with van der Waals surface area (Å²) in [5, 5.41) is 9.33. The molecule has 6 heteroatoms. The Hall–Kier alpha value is -1.24. The van der Waals surface area contributed by atoms with Gasteiger partial charge in [-0.25, -0.2) is 4.79 Å². The average molecular weight is 391 g/mol. The molecule has 1 aliphatic heterocycles. The zero-order chi connectivity index (χ0) is 19.4. The number of amides is 1. The molecule has 4 rings (SSSR count). The molecule has 0 aromatic heterocycles. The van der Waals surface area contributed by atoms with Gasteiger partial charge in [0.25, 0.3) is 0 Å². The van der Waals surface area contributed by atoms with Crippen LogP contribution in [0.5, 0.6) is 0 Å². The van der Waals surface area contributed by atoms with Gasteiger partial charge in [-0.05, 0) is 75.5 Å². The molecule has 1 aromatic rings. The van der Waals surface area contributed by atoms with Crippen molar-refractivity contribution in [3.63, 3.8) is 0 Å². The second kappa shape index (κ2) is 6.68. The highest BCUT2D eigenvalue weighted by atomic mass is 32.2. The minimum absolute atomic E-state index is 0.0298. The molecule has 0 radical (unpaired) electrons. The highest BCUT2D eigenvalue weighted by Crippen LogP contribution is 2.54. The topological polar surface area (TPSA) is 75.6 Å². The number of likely N-dealkylation sites (tertiary alicyclic amines) is 1. The lowest BCUT2D eigenvalue weighted by atomic mass is 9.73. The number of piperidine rings is 1. The van der Waals surface area contributed by atoms with E-state index in [0.717, 1.165) is 19.3 Å². The second-order valence-corrected chi connectivity index (χ2v) is 11.5. The number of nitrogens with one attached hydrogen (secondary N) is 1. The van der Waals surface area contributed by atoms with Crippen molar-refractivity contribution >= 4 is 17.5 Å². The van der Waals surface area contributed by atoms with Gasteiger partial charge in [0.15, 0.2) is 0 Å². The van der Waals surface area contributed by atoms with Gasteiger partial charge in [-0.2, -0.15) is 0 Å². The summed E-state index contributed by atoms with van der Waals surface area (Å²) in [7, 11) is 0. The molecule has 1 saturated carbocycles. The molecule has 1 spiro atoms. The first kappa shape index (κ1) is 19.1. The van der Waals surface area contributed by atoms with Crippen molar-refractivity contribution in [1.82, 2.24) is 9.62 Å². The summed E-state index contributed by atoms with van der Waals surface area (Å²) in [5.41, 5.74) is 3.99. The number of carboxylic acid groups (broad SMARTS) is 1. The molecule has 0 unspecified atom stereocenters. The van der Waals surface area contributed by atoms with Crippen LogP contribution in [0, 0.1) is 5.41 Å². The Morgan fingerprint density at radius 2 is 1.96 bits per heavy atom. The van der Waals surface area contributed by atoms with Crippen LogP contribution in [0.25, 0.3) is 0 Å². The van der Waals surface area contributed by atoms with Gasteiger partial charge in [0.1, 0.15) is 4.75 Å². The number of nitrogens with zero attached hydrogens (tertiary/aromatic N) is 1. The Morgan fingerprint density at radius 1 is 1.30 bits per heavy atom. The average Bonchev–Trinajstić information content (AvgIpc) is 3.41. The van der Waals surface area contributed by atoms with E-state index < -0.39 is 17.5 Å². The summed E-state index contributed by atoms with van der Waals surface area (Å²) in [6.45, 7) is 7.09. The van der Waals surface area contributed by atoms with Crippen LogP contribution in [0.4, 0.5) is 4.79 Å². The Kier molecular flexibility index (Phi) is 4.72. The highest BCUT2D eigenvalue weighted by Gasteiger charge is 2.51. The molecule has 148 valence electrons. The molecule has 1 amide bonds. The van der Waals surface area contributed by atoms with Gasteiger partial charge >= 0.3 is 6.09 Å². The number of rotatable bonds is 3. The fourth-order valence-corrected chi connectivity index (χ4v) is 5.55. The zero-order valence-electron chi connectivity index (χ0n) is 16.5. The van der Waals surface area contributed by atoms with E-state index in [1.807, 2.05) is 20.8 Å². The number of hydrogen-bond donors (Lipinski definition) is 2. The van der Waals surface area contributed by atoms with Crippen LogP contribution >= 0.6 is 0 Å². The molecule has 0 bridgehead atoms. The third kappa shape index (κ3) is 3.59. The van der Waals surface area contributed by atoms with E-state index in [0.29, 0.717) is 19.0 Å². The van der Waals surface area contributed by atoms with E-state index in [4.69, 9.17) is 0 Å². The van der Waals surface area contributed by atoms with Crippen molar-refractivity contribution in [2.45, 2.75) is 69.6 Å². The van der Waals surface area contributed by atoms with E-state index in [-0.39, 0.29) is 16.2 Å². The van der Waals surface area contributed by atoms with E-state index >= 15 is 0 Å². The SMILES string of the molecule is CC(C)(C)[S@@+]([O-])N[C@@H]1c2cc(C3CC3)ccc2CC12CCN(C(=O)O)CC2. The lowest BCUT2D eigenvalue weighted by molar-refractivity contribution is 0.0764. The Morgan fingerprint density at radius 3 is 2.52 bits per heavy atom. The van der Waals surface area contributed by atoms with Crippen molar-refractivity contribution < 1.29 is 14.5 Å². The quantitative estimate of drug-likeness (QED) is 0.766. The van der Waals surface area contributed by atoms with E-state index in [9.17, 15) is 14.5 Å². The van der Waals surface area contributed by atoms with Gasteiger partial charge in [-0.15, -0.1) is 4.72 Å². The number of hydrogen-bond acceptors (Lipinski definition) is 3. The molecule has 2 atom stereocenters. The van der Waals surface area contributed by atoms with Crippen LogP contribution in [-0.4, -0.2) is 38.5 Å². The minimum atomic E-state index is -1.16. The standard InChI is InChI=1S/C21H30N2O3S/c1-20(2,3)27(26)22-18-17-12-15(14-4-5-14)6-7-16(17)13-21(18)8-10-23(11-9-21)19(24)25/h6-7,12,14,18,22H,4-5,8-11,13H2,1-3H3,(H,24,25)/t18-,27-/m1/s1. The summed E-state index contributed by atoms with van der Waals surface area (Å²) in [6, 6.07) is 6.89. The van der Waals surface area contributed by atoms with Crippen LogP contribution in [0.15, 0.2) is 18.2 Å². The smallest absolute Gasteiger partial charge is 0.407 e. The maximum absolute atomic E-state index is 13.0.